The highest BCUT2D eigenvalue weighted by molar-refractivity contribution is 5.06. The lowest BCUT2D eigenvalue weighted by atomic mass is 9.96. The second-order valence-corrected chi connectivity index (χ2v) is 4.06. The van der Waals surface area contributed by atoms with Gasteiger partial charge in [0, 0.05) is 6.04 Å². The third kappa shape index (κ3) is 3.54. The van der Waals surface area contributed by atoms with Gasteiger partial charge in [-0.1, -0.05) is 13.8 Å². The Balaban J connectivity index is 2.30. The summed E-state index contributed by atoms with van der Waals surface area (Å²) >= 11 is 0. The Hall–Kier alpha value is -0.760. The van der Waals surface area contributed by atoms with Crippen molar-refractivity contribution in [2.24, 2.45) is 5.92 Å². The van der Waals surface area contributed by atoms with Gasteiger partial charge in [0.15, 0.2) is 0 Å². The Kier molecular flexibility index (Phi) is 4.74. The van der Waals surface area contributed by atoms with Crippen LogP contribution in [-0.2, 0) is 6.42 Å². The molecule has 1 rings (SSSR count). The van der Waals surface area contributed by atoms with Crippen LogP contribution >= 0.6 is 0 Å². The van der Waals surface area contributed by atoms with Gasteiger partial charge in [-0.05, 0) is 43.9 Å². The second kappa shape index (κ2) is 5.86. The van der Waals surface area contributed by atoms with Crippen molar-refractivity contribution in [3.8, 4) is 0 Å². The molecule has 1 aromatic heterocycles. The molecule has 0 fully saturated rings. The molecule has 2 nitrogen and oxygen atoms in total. The van der Waals surface area contributed by atoms with Gasteiger partial charge >= 0.3 is 0 Å². The third-order valence-corrected chi connectivity index (χ3v) is 2.71. The molecule has 14 heavy (non-hydrogen) atoms. The summed E-state index contributed by atoms with van der Waals surface area (Å²) in [5, 5.41) is 3.51. The summed E-state index contributed by atoms with van der Waals surface area (Å²) in [6, 6.07) is 2.62. The molecular formula is C12H21NO. The smallest absolute Gasteiger partial charge is 0.0934 e. The van der Waals surface area contributed by atoms with Crippen LogP contribution in [0, 0.1) is 5.92 Å². The molecule has 0 saturated heterocycles. The van der Waals surface area contributed by atoms with E-state index in [0.29, 0.717) is 12.0 Å². The molecule has 0 bridgehead atoms. The van der Waals surface area contributed by atoms with Crippen LogP contribution in [0.1, 0.15) is 32.8 Å². The lowest BCUT2D eigenvalue weighted by molar-refractivity contribution is 0.398. The van der Waals surface area contributed by atoms with E-state index in [1.807, 2.05) is 12.3 Å². The Bertz CT molecular complexity index is 230. The van der Waals surface area contributed by atoms with Gasteiger partial charge in [0.05, 0.1) is 12.5 Å². The molecule has 0 amide bonds. The van der Waals surface area contributed by atoms with E-state index in [-0.39, 0.29) is 0 Å². The van der Waals surface area contributed by atoms with Crippen molar-refractivity contribution in [2.75, 3.05) is 6.54 Å². The zero-order chi connectivity index (χ0) is 10.4. The molecule has 0 aromatic carbocycles. The SMILES string of the molecule is CCCNC(C)C(C)Cc1ccoc1. The van der Waals surface area contributed by atoms with Gasteiger partial charge in [-0.15, -0.1) is 0 Å². The van der Waals surface area contributed by atoms with Crippen molar-refractivity contribution in [2.45, 2.75) is 39.7 Å². The topological polar surface area (TPSA) is 25.2 Å². The van der Waals surface area contributed by atoms with Crippen molar-refractivity contribution in [3.63, 3.8) is 0 Å². The van der Waals surface area contributed by atoms with E-state index < -0.39 is 0 Å². The number of nitrogens with one attached hydrogen (secondary N) is 1. The second-order valence-electron chi connectivity index (χ2n) is 4.06. The van der Waals surface area contributed by atoms with Gasteiger partial charge in [-0.2, -0.15) is 0 Å². The maximum atomic E-state index is 5.06. The number of furan rings is 1. The minimum atomic E-state index is 0.574. The van der Waals surface area contributed by atoms with Crippen LogP contribution in [0.15, 0.2) is 23.0 Å². The molecule has 2 atom stereocenters. The van der Waals surface area contributed by atoms with Crippen LogP contribution in [0.4, 0.5) is 0 Å². The molecule has 0 spiro atoms. The Morgan fingerprint density at radius 1 is 1.43 bits per heavy atom. The molecule has 0 aliphatic heterocycles. The zero-order valence-corrected chi connectivity index (χ0v) is 9.42. The van der Waals surface area contributed by atoms with Gasteiger partial charge in [0.2, 0.25) is 0 Å². The third-order valence-electron chi connectivity index (χ3n) is 2.71. The van der Waals surface area contributed by atoms with E-state index in [2.05, 4.69) is 26.1 Å². The van der Waals surface area contributed by atoms with Gasteiger partial charge in [0.1, 0.15) is 0 Å². The molecule has 1 N–H and O–H groups in total. The average molecular weight is 195 g/mol. The molecule has 0 saturated carbocycles. The summed E-state index contributed by atoms with van der Waals surface area (Å²) in [7, 11) is 0. The van der Waals surface area contributed by atoms with Crippen molar-refractivity contribution in [1.29, 1.82) is 0 Å². The van der Waals surface area contributed by atoms with Crippen molar-refractivity contribution in [3.05, 3.63) is 24.2 Å². The standard InChI is InChI=1S/C12H21NO/c1-4-6-13-11(3)10(2)8-12-5-7-14-9-12/h5,7,9-11,13H,4,6,8H2,1-3H3. The van der Waals surface area contributed by atoms with Crippen LogP contribution in [0.2, 0.25) is 0 Å². The largest absolute Gasteiger partial charge is 0.472 e. The van der Waals surface area contributed by atoms with Crippen molar-refractivity contribution < 1.29 is 4.42 Å². The van der Waals surface area contributed by atoms with E-state index in [1.165, 1.54) is 12.0 Å². The predicted octanol–water partition coefficient (Wildman–Crippen LogP) is 2.85. The minimum Gasteiger partial charge on any atom is -0.472 e. The zero-order valence-electron chi connectivity index (χ0n) is 9.42. The molecular weight excluding hydrogens is 174 g/mol. The summed E-state index contributed by atoms with van der Waals surface area (Å²) in [6.07, 6.45) is 5.87. The van der Waals surface area contributed by atoms with E-state index in [4.69, 9.17) is 4.42 Å². The summed E-state index contributed by atoms with van der Waals surface area (Å²) in [4.78, 5) is 0. The maximum Gasteiger partial charge on any atom is 0.0934 e. The Morgan fingerprint density at radius 2 is 2.21 bits per heavy atom. The summed E-state index contributed by atoms with van der Waals surface area (Å²) in [5.74, 6) is 0.652. The van der Waals surface area contributed by atoms with E-state index in [9.17, 15) is 0 Å². The molecule has 0 aliphatic carbocycles. The fourth-order valence-corrected chi connectivity index (χ4v) is 1.53. The first-order valence-corrected chi connectivity index (χ1v) is 5.48. The normalized spacial score (nSPS) is 15.4. The van der Waals surface area contributed by atoms with Gasteiger partial charge in [0.25, 0.3) is 0 Å². The van der Waals surface area contributed by atoms with Gasteiger partial charge in [-0.3, -0.25) is 0 Å². The number of rotatable bonds is 6. The van der Waals surface area contributed by atoms with Crippen LogP contribution in [-0.4, -0.2) is 12.6 Å². The first-order valence-electron chi connectivity index (χ1n) is 5.48. The average Bonchev–Trinajstić information content (AvgIpc) is 2.66. The molecule has 2 heteroatoms. The number of hydrogen-bond donors (Lipinski definition) is 1. The summed E-state index contributed by atoms with van der Waals surface area (Å²) in [6.45, 7) is 7.83. The highest BCUT2D eigenvalue weighted by atomic mass is 16.3. The highest BCUT2D eigenvalue weighted by Gasteiger charge is 2.12. The number of hydrogen-bond acceptors (Lipinski definition) is 2. The Morgan fingerprint density at radius 3 is 2.79 bits per heavy atom. The predicted molar refractivity (Wildman–Crippen MR) is 59.3 cm³/mol. The van der Waals surface area contributed by atoms with Gasteiger partial charge < -0.3 is 9.73 Å². The van der Waals surface area contributed by atoms with Crippen LogP contribution < -0.4 is 5.32 Å². The summed E-state index contributed by atoms with van der Waals surface area (Å²) in [5.41, 5.74) is 1.29. The van der Waals surface area contributed by atoms with Gasteiger partial charge in [-0.25, -0.2) is 0 Å². The fraction of sp³-hybridized carbons (Fsp3) is 0.667. The van der Waals surface area contributed by atoms with Crippen molar-refractivity contribution in [1.82, 2.24) is 5.32 Å². The first kappa shape index (κ1) is 11.3. The summed E-state index contributed by atoms with van der Waals surface area (Å²) < 4.78 is 5.06. The van der Waals surface area contributed by atoms with Crippen molar-refractivity contribution >= 4 is 0 Å². The lowest BCUT2D eigenvalue weighted by Gasteiger charge is -2.20. The fourth-order valence-electron chi connectivity index (χ4n) is 1.53. The Labute approximate surface area is 86.7 Å². The van der Waals surface area contributed by atoms with Crippen LogP contribution in [0.3, 0.4) is 0 Å². The molecule has 0 radical (unpaired) electrons. The molecule has 1 aromatic rings. The molecule has 80 valence electrons. The lowest BCUT2D eigenvalue weighted by Crippen LogP contribution is -2.33. The molecule has 1 heterocycles. The molecule has 0 aliphatic rings. The minimum absolute atomic E-state index is 0.574. The first-order chi connectivity index (χ1) is 6.74. The van der Waals surface area contributed by atoms with E-state index >= 15 is 0 Å². The van der Waals surface area contributed by atoms with E-state index in [0.717, 1.165) is 13.0 Å². The van der Waals surface area contributed by atoms with E-state index in [1.54, 1.807) is 6.26 Å². The quantitative estimate of drug-likeness (QED) is 0.755. The monoisotopic (exact) mass is 195 g/mol. The highest BCUT2D eigenvalue weighted by Crippen LogP contribution is 2.12. The van der Waals surface area contributed by atoms with Crippen LogP contribution in [0.25, 0.3) is 0 Å². The molecule has 2 unspecified atom stereocenters. The van der Waals surface area contributed by atoms with Crippen LogP contribution in [0.5, 0.6) is 0 Å². The maximum absolute atomic E-state index is 5.06.